The molecule has 0 aromatic heterocycles. The average molecular weight is 407 g/mol. The van der Waals surface area contributed by atoms with Crippen molar-refractivity contribution in [1.82, 2.24) is 4.90 Å². The lowest BCUT2D eigenvalue weighted by atomic mass is 10.1. The number of terminal acetylenes is 1. The van der Waals surface area contributed by atoms with Crippen molar-refractivity contribution in [2.75, 3.05) is 33.9 Å². The SMILES string of the molecule is C#CCOc1ccc(/C=C/C(=O)c2ccc(OCC(=O)N(C)C)cc2)cc1OCC. The summed E-state index contributed by atoms with van der Waals surface area (Å²) in [6, 6.07) is 12.0. The molecule has 0 radical (unpaired) electrons. The van der Waals surface area contributed by atoms with Crippen molar-refractivity contribution in [2.45, 2.75) is 6.92 Å². The number of ketones is 1. The van der Waals surface area contributed by atoms with Crippen LogP contribution in [-0.2, 0) is 4.79 Å². The van der Waals surface area contributed by atoms with Gasteiger partial charge in [0.1, 0.15) is 12.4 Å². The zero-order valence-corrected chi connectivity index (χ0v) is 17.4. The van der Waals surface area contributed by atoms with E-state index in [-0.39, 0.29) is 24.9 Å². The smallest absolute Gasteiger partial charge is 0.259 e. The number of allylic oxidation sites excluding steroid dienone is 1. The van der Waals surface area contributed by atoms with Gasteiger partial charge in [-0.05, 0) is 55.0 Å². The summed E-state index contributed by atoms with van der Waals surface area (Å²) in [7, 11) is 3.32. The van der Waals surface area contributed by atoms with Crippen LogP contribution in [0.3, 0.4) is 0 Å². The third kappa shape index (κ3) is 6.71. The van der Waals surface area contributed by atoms with E-state index >= 15 is 0 Å². The lowest BCUT2D eigenvalue weighted by molar-refractivity contribution is -0.130. The summed E-state index contributed by atoms with van der Waals surface area (Å²) in [6.07, 6.45) is 8.42. The van der Waals surface area contributed by atoms with Crippen molar-refractivity contribution in [3.63, 3.8) is 0 Å². The van der Waals surface area contributed by atoms with E-state index in [1.807, 2.05) is 13.0 Å². The molecule has 0 atom stereocenters. The molecule has 156 valence electrons. The van der Waals surface area contributed by atoms with Gasteiger partial charge in [0.15, 0.2) is 23.9 Å². The first kappa shape index (κ1) is 22.6. The fourth-order valence-electron chi connectivity index (χ4n) is 2.39. The van der Waals surface area contributed by atoms with Crippen LogP contribution in [0.25, 0.3) is 6.08 Å². The minimum atomic E-state index is -0.156. The summed E-state index contributed by atoms with van der Waals surface area (Å²) < 4.78 is 16.5. The standard InChI is InChI=1S/C24H25NO5/c1-5-15-29-22-14-8-18(16-23(22)28-6-2)7-13-21(26)19-9-11-20(12-10-19)30-17-24(27)25(3)4/h1,7-14,16H,6,15,17H2,2-4H3/b13-7+. The van der Waals surface area contributed by atoms with Crippen molar-refractivity contribution in [1.29, 1.82) is 0 Å². The molecule has 0 N–H and O–H groups in total. The normalized spacial score (nSPS) is 10.3. The molecule has 0 saturated heterocycles. The van der Waals surface area contributed by atoms with E-state index in [1.54, 1.807) is 56.6 Å². The first-order chi connectivity index (χ1) is 14.4. The third-order valence-corrected chi connectivity index (χ3v) is 4.01. The van der Waals surface area contributed by atoms with Gasteiger partial charge in [-0.3, -0.25) is 9.59 Å². The molecule has 0 bridgehead atoms. The third-order valence-electron chi connectivity index (χ3n) is 4.01. The van der Waals surface area contributed by atoms with Crippen LogP contribution in [0.5, 0.6) is 17.2 Å². The Kier molecular flexibility index (Phi) is 8.52. The van der Waals surface area contributed by atoms with E-state index in [9.17, 15) is 9.59 Å². The Morgan fingerprint density at radius 3 is 2.40 bits per heavy atom. The van der Waals surface area contributed by atoms with E-state index in [0.29, 0.717) is 29.4 Å². The average Bonchev–Trinajstić information content (AvgIpc) is 2.75. The first-order valence-corrected chi connectivity index (χ1v) is 9.43. The van der Waals surface area contributed by atoms with E-state index < -0.39 is 0 Å². The summed E-state index contributed by atoms with van der Waals surface area (Å²) >= 11 is 0. The monoisotopic (exact) mass is 407 g/mol. The van der Waals surface area contributed by atoms with Crippen molar-refractivity contribution < 1.29 is 23.8 Å². The van der Waals surface area contributed by atoms with E-state index in [0.717, 1.165) is 5.56 Å². The molecule has 2 aromatic rings. The number of amides is 1. The molecule has 0 spiro atoms. The fraction of sp³-hybridized carbons (Fsp3) is 0.250. The molecule has 0 fully saturated rings. The maximum absolute atomic E-state index is 12.4. The van der Waals surface area contributed by atoms with Crippen LogP contribution in [0, 0.1) is 12.3 Å². The second kappa shape index (κ2) is 11.3. The Hall–Kier alpha value is -3.72. The summed E-state index contributed by atoms with van der Waals surface area (Å²) in [5.74, 6) is 3.77. The first-order valence-electron chi connectivity index (χ1n) is 9.43. The molecule has 6 nitrogen and oxygen atoms in total. The van der Waals surface area contributed by atoms with Gasteiger partial charge in [-0.2, -0.15) is 0 Å². The van der Waals surface area contributed by atoms with Gasteiger partial charge >= 0.3 is 0 Å². The molecule has 0 heterocycles. The second-order valence-electron chi connectivity index (χ2n) is 6.43. The Morgan fingerprint density at radius 1 is 1.03 bits per heavy atom. The molecule has 30 heavy (non-hydrogen) atoms. The molecule has 0 aliphatic carbocycles. The number of nitrogens with zero attached hydrogens (tertiary/aromatic N) is 1. The minimum Gasteiger partial charge on any atom is -0.490 e. The Balaban J connectivity index is 2.03. The second-order valence-corrected chi connectivity index (χ2v) is 6.43. The Labute approximate surface area is 177 Å². The quantitative estimate of drug-likeness (QED) is 0.343. The van der Waals surface area contributed by atoms with Crippen LogP contribution >= 0.6 is 0 Å². The molecule has 1 amide bonds. The zero-order chi connectivity index (χ0) is 21.9. The molecule has 2 aromatic carbocycles. The van der Waals surface area contributed by atoms with Crippen molar-refractivity contribution in [2.24, 2.45) is 0 Å². The van der Waals surface area contributed by atoms with Gasteiger partial charge in [0.25, 0.3) is 5.91 Å². The molecule has 2 rings (SSSR count). The minimum absolute atomic E-state index is 0.0522. The highest BCUT2D eigenvalue weighted by Crippen LogP contribution is 2.29. The van der Waals surface area contributed by atoms with Gasteiger partial charge in [0, 0.05) is 19.7 Å². The highest BCUT2D eigenvalue weighted by molar-refractivity contribution is 6.06. The van der Waals surface area contributed by atoms with Crippen molar-refractivity contribution in [3.05, 3.63) is 59.7 Å². The topological polar surface area (TPSA) is 65.1 Å². The van der Waals surface area contributed by atoms with Crippen LogP contribution in [0.15, 0.2) is 48.5 Å². The number of likely N-dealkylation sites (N-methyl/N-ethyl adjacent to an activating group) is 1. The number of carbonyl (C=O) groups is 2. The van der Waals surface area contributed by atoms with Crippen molar-refractivity contribution >= 4 is 17.8 Å². The molecule has 6 heteroatoms. The predicted octanol–water partition coefficient (Wildman–Crippen LogP) is 3.46. The summed E-state index contributed by atoms with van der Waals surface area (Å²) in [5.41, 5.74) is 1.30. The van der Waals surface area contributed by atoms with Crippen LogP contribution < -0.4 is 14.2 Å². The van der Waals surface area contributed by atoms with E-state index in [2.05, 4.69) is 5.92 Å². The highest BCUT2D eigenvalue weighted by atomic mass is 16.5. The lowest BCUT2D eigenvalue weighted by Gasteiger charge is -2.11. The van der Waals surface area contributed by atoms with Gasteiger partial charge in [0.2, 0.25) is 0 Å². The van der Waals surface area contributed by atoms with Gasteiger partial charge in [-0.15, -0.1) is 6.42 Å². The van der Waals surface area contributed by atoms with Crippen molar-refractivity contribution in [3.8, 4) is 29.6 Å². The fourth-order valence-corrected chi connectivity index (χ4v) is 2.39. The van der Waals surface area contributed by atoms with Gasteiger partial charge < -0.3 is 19.1 Å². The van der Waals surface area contributed by atoms with Crippen LogP contribution in [0.1, 0.15) is 22.8 Å². The highest BCUT2D eigenvalue weighted by Gasteiger charge is 2.08. The zero-order valence-electron chi connectivity index (χ0n) is 17.4. The number of hydrogen-bond acceptors (Lipinski definition) is 5. The molecule has 0 saturated carbocycles. The van der Waals surface area contributed by atoms with E-state index in [4.69, 9.17) is 20.6 Å². The number of hydrogen-bond donors (Lipinski definition) is 0. The van der Waals surface area contributed by atoms with E-state index in [1.165, 1.54) is 11.0 Å². The number of ether oxygens (including phenoxy) is 3. The van der Waals surface area contributed by atoms with Gasteiger partial charge in [-0.25, -0.2) is 0 Å². The lowest BCUT2D eigenvalue weighted by Crippen LogP contribution is -2.27. The summed E-state index contributed by atoms with van der Waals surface area (Å²) in [4.78, 5) is 25.5. The molecular formula is C24H25NO5. The number of rotatable bonds is 10. The van der Waals surface area contributed by atoms with Gasteiger partial charge in [-0.1, -0.05) is 18.1 Å². The number of carbonyl (C=O) groups excluding carboxylic acids is 2. The number of benzene rings is 2. The largest absolute Gasteiger partial charge is 0.490 e. The Bertz CT molecular complexity index is 939. The van der Waals surface area contributed by atoms with Crippen LogP contribution in [0.4, 0.5) is 0 Å². The van der Waals surface area contributed by atoms with Gasteiger partial charge in [0.05, 0.1) is 6.61 Å². The molecule has 0 aliphatic rings. The molecular weight excluding hydrogens is 382 g/mol. The molecule has 0 unspecified atom stereocenters. The van der Waals surface area contributed by atoms with Crippen LogP contribution in [0.2, 0.25) is 0 Å². The summed E-state index contributed by atoms with van der Waals surface area (Å²) in [5, 5.41) is 0. The Morgan fingerprint density at radius 2 is 1.77 bits per heavy atom. The van der Waals surface area contributed by atoms with Crippen LogP contribution in [-0.4, -0.2) is 50.5 Å². The molecule has 0 aliphatic heterocycles. The summed E-state index contributed by atoms with van der Waals surface area (Å²) in [6.45, 7) is 2.45. The maximum Gasteiger partial charge on any atom is 0.259 e. The predicted molar refractivity (Wildman–Crippen MR) is 116 cm³/mol. The maximum atomic E-state index is 12.4.